The standard InChI is InChI=1S/2C21H14N.Zr/c2*1-2-9-16(10-3-1)22-20-13-7-6-12-18(20)19-14-15-8-4-5-11-17(15)21(19)22;/h2*1-7,9-13H,14H2;. The number of benzene rings is 6. The van der Waals surface area contributed by atoms with Gasteiger partial charge in [-0.3, -0.25) is 0 Å². The summed E-state index contributed by atoms with van der Waals surface area (Å²) in [7, 11) is 0. The van der Waals surface area contributed by atoms with E-state index in [4.69, 9.17) is 0 Å². The molecule has 2 aliphatic rings. The molecule has 2 heterocycles. The number of aromatic nitrogens is 2. The van der Waals surface area contributed by atoms with Crippen molar-refractivity contribution in [3.05, 3.63) is 168 Å². The molecule has 45 heavy (non-hydrogen) atoms. The van der Waals surface area contributed by atoms with Gasteiger partial charge < -0.3 is 0 Å². The van der Waals surface area contributed by atoms with Crippen LogP contribution in [0.1, 0.15) is 22.3 Å². The predicted octanol–water partition coefficient (Wildman–Crippen LogP) is 8.75. The van der Waals surface area contributed by atoms with Crippen LogP contribution in [0.25, 0.3) is 55.7 Å². The van der Waals surface area contributed by atoms with Crippen LogP contribution in [0.5, 0.6) is 0 Å². The zero-order valence-corrected chi connectivity index (χ0v) is 27.1. The molecule has 210 valence electrons. The number of nitrogens with zero attached hydrogens (tertiary/aromatic N) is 2. The van der Waals surface area contributed by atoms with Crippen molar-refractivity contribution in [1.82, 2.24) is 9.13 Å². The van der Waals surface area contributed by atoms with Gasteiger partial charge in [0.15, 0.2) is 0 Å². The monoisotopic (exact) mass is 650 g/mol. The molecule has 0 N–H and O–H groups in total. The molecule has 2 aliphatic carbocycles. The average molecular weight is 652 g/mol. The van der Waals surface area contributed by atoms with E-state index in [0.717, 1.165) is 12.8 Å². The van der Waals surface area contributed by atoms with Gasteiger partial charge in [-0.2, -0.15) is 0 Å². The molecule has 0 saturated carbocycles. The summed E-state index contributed by atoms with van der Waals surface area (Å²) in [5, 5.41) is 2.76. The summed E-state index contributed by atoms with van der Waals surface area (Å²) in [6, 6.07) is 53.9. The van der Waals surface area contributed by atoms with Gasteiger partial charge in [0, 0.05) is 0 Å². The van der Waals surface area contributed by atoms with Crippen LogP contribution in [0.4, 0.5) is 0 Å². The number of fused-ring (bicyclic) bond motifs is 10. The molecule has 8 aromatic rings. The van der Waals surface area contributed by atoms with E-state index in [9.17, 15) is 0 Å². The Kier molecular flexibility index (Phi) is 5.63. The molecule has 3 heteroatoms. The first-order chi connectivity index (χ1) is 22.3. The summed E-state index contributed by atoms with van der Waals surface area (Å²) in [4.78, 5) is 0. The molecule has 0 saturated heterocycles. The Bertz CT molecular complexity index is 2270. The van der Waals surface area contributed by atoms with Crippen molar-refractivity contribution in [3.8, 4) is 33.9 Å². The quantitative estimate of drug-likeness (QED) is 0.180. The van der Waals surface area contributed by atoms with E-state index in [-0.39, 0.29) is 0 Å². The van der Waals surface area contributed by atoms with Crippen molar-refractivity contribution in [2.45, 2.75) is 12.8 Å². The van der Waals surface area contributed by atoms with Gasteiger partial charge in [0.2, 0.25) is 0 Å². The van der Waals surface area contributed by atoms with E-state index < -0.39 is 23.2 Å². The second kappa shape index (κ2) is 9.89. The maximum absolute atomic E-state index is 2.50. The Labute approximate surface area is 273 Å². The Morgan fingerprint density at radius 2 is 0.800 bits per heavy atom. The molecule has 2 aromatic heterocycles. The fourth-order valence-electron chi connectivity index (χ4n) is 7.96. The molecule has 6 aromatic carbocycles. The average Bonchev–Trinajstić information content (AvgIpc) is 3.83. The number of hydrogen-bond donors (Lipinski definition) is 0. The Hall–Kier alpha value is -4.72. The summed E-state index contributed by atoms with van der Waals surface area (Å²) >= 11 is -1.11. The van der Waals surface area contributed by atoms with Crippen LogP contribution in [-0.4, -0.2) is 9.13 Å². The number of hydrogen-bond acceptors (Lipinski definition) is 0. The number of rotatable bonds is 4. The molecule has 10 rings (SSSR count). The van der Waals surface area contributed by atoms with Crippen molar-refractivity contribution < 1.29 is 23.2 Å². The first-order valence-corrected chi connectivity index (χ1v) is 18.2. The van der Waals surface area contributed by atoms with Gasteiger partial charge in [-0.15, -0.1) is 0 Å². The van der Waals surface area contributed by atoms with E-state index >= 15 is 0 Å². The van der Waals surface area contributed by atoms with Gasteiger partial charge >= 0.3 is 275 Å². The zero-order chi connectivity index (χ0) is 29.5. The third-order valence-corrected chi connectivity index (χ3v) is 13.5. The van der Waals surface area contributed by atoms with Crippen molar-refractivity contribution in [2.24, 2.45) is 0 Å². The van der Waals surface area contributed by atoms with E-state index in [2.05, 4.69) is 155 Å². The predicted molar refractivity (Wildman–Crippen MR) is 182 cm³/mol. The van der Waals surface area contributed by atoms with Crippen LogP contribution < -0.4 is 6.54 Å². The minimum absolute atomic E-state index is 1.01. The first-order valence-electron chi connectivity index (χ1n) is 15.7. The third kappa shape index (κ3) is 3.71. The fraction of sp³-hybridized carbons (Fsp3) is 0.0476. The van der Waals surface area contributed by atoms with Crippen LogP contribution >= 0.6 is 0 Å². The SMILES string of the molecule is c1ccc(-n2c3c(c4ccccc42)Cc2[c]([Zr][c]4cccc5c4Cc4c-5n(-c5ccccc5)c5ccccc45)cccc2-3)cc1. The van der Waals surface area contributed by atoms with Crippen LogP contribution in [0.3, 0.4) is 0 Å². The van der Waals surface area contributed by atoms with Gasteiger partial charge in [0.1, 0.15) is 0 Å². The van der Waals surface area contributed by atoms with Crippen molar-refractivity contribution >= 4 is 28.3 Å². The molecule has 0 atom stereocenters. The van der Waals surface area contributed by atoms with Crippen molar-refractivity contribution in [2.75, 3.05) is 0 Å². The summed E-state index contributed by atoms with van der Waals surface area (Å²) in [5.41, 5.74) is 16.7. The van der Waals surface area contributed by atoms with E-state index in [0.29, 0.717) is 0 Å². The summed E-state index contributed by atoms with van der Waals surface area (Å²) < 4.78 is 8.21. The van der Waals surface area contributed by atoms with E-state index in [1.165, 1.54) is 66.8 Å². The Morgan fingerprint density at radius 3 is 1.27 bits per heavy atom. The van der Waals surface area contributed by atoms with Gasteiger partial charge in [-0.25, -0.2) is 0 Å². The zero-order valence-electron chi connectivity index (χ0n) is 24.7. The molecular weight excluding hydrogens is 624 g/mol. The fourth-order valence-corrected chi connectivity index (χ4v) is 11.4. The Balaban J connectivity index is 1.11. The maximum atomic E-state index is 2.50. The third-order valence-electron chi connectivity index (χ3n) is 9.83. The van der Waals surface area contributed by atoms with Gasteiger partial charge in [-0.1, -0.05) is 0 Å². The summed E-state index contributed by atoms with van der Waals surface area (Å²) in [6.07, 6.45) is 2.03. The van der Waals surface area contributed by atoms with Gasteiger partial charge in [0.25, 0.3) is 0 Å². The van der Waals surface area contributed by atoms with Crippen molar-refractivity contribution in [3.63, 3.8) is 0 Å². The molecule has 0 bridgehead atoms. The van der Waals surface area contributed by atoms with Crippen LogP contribution in [0, 0.1) is 0 Å². The minimum atomic E-state index is -1.11. The van der Waals surface area contributed by atoms with Crippen LogP contribution in [0.2, 0.25) is 0 Å². The first kappa shape index (κ1) is 25.6. The molecule has 0 unspecified atom stereocenters. The van der Waals surface area contributed by atoms with Gasteiger partial charge in [-0.05, 0) is 0 Å². The second-order valence-electron chi connectivity index (χ2n) is 12.2. The molecule has 0 radical (unpaired) electrons. The summed E-state index contributed by atoms with van der Waals surface area (Å²) in [5.74, 6) is 0. The molecule has 0 fully saturated rings. The second-order valence-corrected chi connectivity index (χ2v) is 15.4. The summed E-state index contributed by atoms with van der Waals surface area (Å²) in [6.45, 7) is 0. The molecular formula is C42H28N2Zr. The molecule has 0 amide bonds. The molecule has 2 nitrogen and oxygen atoms in total. The van der Waals surface area contributed by atoms with Crippen LogP contribution in [0.15, 0.2) is 146 Å². The van der Waals surface area contributed by atoms with Crippen molar-refractivity contribution in [1.29, 1.82) is 0 Å². The Morgan fingerprint density at radius 1 is 0.378 bits per heavy atom. The van der Waals surface area contributed by atoms with Gasteiger partial charge in [0.05, 0.1) is 0 Å². The van der Waals surface area contributed by atoms with E-state index in [1.54, 1.807) is 17.7 Å². The number of para-hydroxylation sites is 4. The normalized spacial score (nSPS) is 12.7. The topological polar surface area (TPSA) is 9.86 Å². The molecule has 0 aliphatic heterocycles. The van der Waals surface area contributed by atoms with E-state index in [1.807, 2.05) is 0 Å². The molecule has 0 spiro atoms. The van der Waals surface area contributed by atoms with Crippen LogP contribution in [-0.2, 0) is 36.1 Å².